The highest BCUT2D eigenvalue weighted by atomic mass is 35.5. The van der Waals surface area contributed by atoms with Gasteiger partial charge in [0.05, 0.1) is 22.0 Å². The Balaban J connectivity index is 1.69. The minimum absolute atomic E-state index is 0.0832. The molecule has 0 amide bonds. The molecule has 0 aliphatic rings. The fourth-order valence-corrected chi connectivity index (χ4v) is 3.51. The molecule has 10 nitrogen and oxygen atoms in total. The number of rotatable bonds is 8. The second-order valence-electron chi connectivity index (χ2n) is 7.51. The quantitative estimate of drug-likeness (QED) is 0.129. The summed E-state index contributed by atoms with van der Waals surface area (Å²) in [6, 6.07) is 17.8. The number of non-ortho nitro benzene ring substituents is 2. The summed E-state index contributed by atoms with van der Waals surface area (Å²) in [5.41, 5.74) is 1.04. The highest BCUT2D eigenvalue weighted by Crippen LogP contribution is 2.25. The number of hydrogen-bond donors (Lipinski definition) is 0. The Morgan fingerprint density at radius 3 is 2.08 bits per heavy atom. The first-order valence-corrected chi connectivity index (χ1v) is 10.9. The Morgan fingerprint density at radius 2 is 1.50 bits per heavy atom. The molecule has 1 aromatic heterocycles. The van der Waals surface area contributed by atoms with Crippen molar-refractivity contribution in [1.29, 1.82) is 0 Å². The standard InChI is InChI=1S/C25H17ClN4O6/c26-22-4-2-1-3-19(22)16-28-14-13-27-24(28)15-23(17-5-9-20(10-6-17)29(32)33)36-25(31)18-7-11-21(12-8-18)30(34)35/h1-15H,16H2/b23-15+. The number of nitro groups is 2. The van der Waals surface area contributed by atoms with Gasteiger partial charge in [0, 0.05) is 53.3 Å². The van der Waals surface area contributed by atoms with Gasteiger partial charge in [0.2, 0.25) is 0 Å². The zero-order valence-corrected chi connectivity index (χ0v) is 19.2. The van der Waals surface area contributed by atoms with Crippen LogP contribution in [-0.4, -0.2) is 25.4 Å². The van der Waals surface area contributed by atoms with Crippen LogP contribution in [0.5, 0.6) is 0 Å². The number of ether oxygens (including phenoxy) is 1. The van der Waals surface area contributed by atoms with Gasteiger partial charge < -0.3 is 9.30 Å². The monoisotopic (exact) mass is 504 g/mol. The summed E-state index contributed by atoms with van der Waals surface area (Å²) < 4.78 is 7.43. The maximum Gasteiger partial charge on any atom is 0.343 e. The molecule has 0 atom stereocenters. The van der Waals surface area contributed by atoms with Crippen molar-refractivity contribution >= 4 is 40.8 Å². The molecule has 0 N–H and O–H groups in total. The SMILES string of the molecule is O=C(O/C(=C/c1nccn1Cc1ccccc1Cl)c1ccc([N+](=O)[O-])cc1)c1ccc([N+](=O)[O-])cc1. The third-order valence-corrected chi connectivity index (χ3v) is 5.55. The number of carbonyl (C=O) groups is 1. The molecule has 0 aliphatic carbocycles. The summed E-state index contributed by atoms with van der Waals surface area (Å²) in [5.74, 6) is -0.238. The molecule has 0 saturated heterocycles. The van der Waals surface area contributed by atoms with Gasteiger partial charge in [-0.05, 0) is 35.9 Å². The van der Waals surface area contributed by atoms with E-state index in [1.807, 2.05) is 18.2 Å². The maximum atomic E-state index is 12.8. The van der Waals surface area contributed by atoms with Crippen molar-refractivity contribution in [1.82, 2.24) is 9.55 Å². The van der Waals surface area contributed by atoms with Gasteiger partial charge in [-0.3, -0.25) is 20.2 Å². The highest BCUT2D eigenvalue weighted by Gasteiger charge is 2.17. The van der Waals surface area contributed by atoms with Crippen LogP contribution in [0.15, 0.2) is 85.2 Å². The number of benzene rings is 3. The first kappa shape index (κ1) is 24.3. The normalized spacial score (nSPS) is 11.2. The van der Waals surface area contributed by atoms with E-state index in [1.54, 1.807) is 23.0 Å². The number of carbonyl (C=O) groups excluding carboxylic acids is 1. The molecule has 180 valence electrons. The highest BCUT2D eigenvalue weighted by molar-refractivity contribution is 6.31. The lowest BCUT2D eigenvalue weighted by Crippen LogP contribution is -2.07. The molecule has 0 fully saturated rings. The fraction of sp³-hybridized carbons (Fsp3) is 0.0400. The van der Waals surface area contributed by atoms with Gasteiger partial charge >= 0.3 is 5.97 Å². The van der Waals surface area contributed by atoms with Crippen LogP contribution in [0.4, 0.5) is 11.4 Å². The lowest BCUT2D eigenvalue weighted by atomic mass is 10.1. The van der Waals surface area contributed by atoms with Gasteiger partial charge in [-0.1, -0.05) is 29.8 Å². The third kappa shape index (κ3) is 5.62. The lowest BCUT2D eigenvalue weighted by Gasteiger charge is -2.11. The van der Waals surface area contributed by atoms with Crippen LogP contribution < -0.4 is 0 Å². The van der Waals surface area contributed by atoms with E-state index in [1.165, 1.54) is 54.6 Å². The van der Waals surface area contributed by atoms with Crippen molar-refractivity contribution in [3.05, 3.63) is 133 Å². The molecule has 0 bridgehead atoms. The summed E-state index contributed by atoms with van der Waals surface area (Å²) >= 11 is 6.29. The number of nitro benzene ring substituents is 2. The van der Waals surface area contributed by atoms with Crippen LogP contribution in [-0.2, 0) is 11.3 Å². The number of halogens is 1. The minimum atomic E-state index is -0.765. The van der Waals surface area contributed by atoms with Gasteiger partial charge in [0.1, 0.15) is 11.6 Å². The second kappa shape index (κ2) is 10.6. The molecule has 11 heteroatoms. The van der Waals surface area contributed by atoms with Crippen molar-refractivity contribution < 1.29 is 19.4 Å². The summed E-state index contributed by atoms with van der Waals surface area (Å²) in [4.78, 5) is 38.0. The van der Waals surface area contributed by atoms with Crippen molar-refractivity contribution in [3.8, 4) is 0 Å². The second-order valence-corrected chi connectivity index (χ2v) is 7.92. The number of esters is 1. The molecule has 0 saturated carbocycles. The molecule has 0 radical (unpaired) electrons. The lowest BCUT2D eigenvalue weighted by molar-refractivity contribution is -0.385. The molecule has 4 rings (SSSR count). The Kier molecular flexibility index (Phi) is 7.17. The molecule has 36 heavy (non-hydrogen) atoms. The van der Waals surface area contributed by atoms with E-state index < -0.39 is 15.8 Å². The van der Waals surface area contributed by atoms with Gasteiger partial charge in [-0.2, -0.15) is 0 Å². The Morgan fingerprint density at radius 1 is 0.917 bits per heavy atom. The van der Waals surface area contributed by atoms with E-state index >= 15 is 0 Å². The van der Waals surface area contributed by atoms with Crippen LogP contribution in [0, 0.1) is 20.2 Å². The molecule has 0 aliphatic heterocycles. The molecular weight excluding hydrogens is 488 g/mol. The first-order valence-electron chi connectivity index (χ1n) is 10.5. The summed E-state index contributed by atoms with van der Waals surface area (Å²) in [5, 5.41) is 22.5. The molecule has 4 aromatic rings. The first-order chi connectivity index (χ1) is 17.3. The smallest absolute Gasteiger partial charge is 0.343 e. The number of nitrogens with zero attached hydrogens (tertiary/aromatic N) is 4. The summed E-state index contributed by atoms with van der Waals surface area (Å²) in [7, 11) is 0. The Hall–Kier alpha value is -4.83. The predicted octanol–water partition coefficient (Wildman–Crippen LogP) is 5.76. The molecule has 0 spiro atoms. The summed E-state index contributed by atoms with van der Waals surface area (Å²) in [6.45, 7) is 0.398. The van der Waals surface area contributed by atoms with Crippen molar-refractivity contribution in [2.24, 2.45) is 0 Å². The van der Waals surface area contributed by atoms with E-state index in [2.05, 4.69) is 4.98 Å². The average molecular weight is 505 g/mol. The van der Waals surface area contributed by atoms with Gasteiger partial charge in [0.25, 0.3) is 11.4 Å². The zero-order chi connectivity index (χ0) is 25.7. The third-order valence-electron chi connectivity index (χ3n) is 5.19. The molecule has 3 aromatic carbocycles. The molecule has 0 unspecified atom stereocenters. The fourth-order valence-electron chi connectivity index (χ4n) is 3.32. The van der Waals surface area contributed by atoms with E-state index in [-0.39, 0.29) is 22.7 Å². The van der Waals surface area contributed by atoms with Crippen molar-refractivity contribution in [3.63, 3.8) is 0 Å². The Bertz CT molecular complexity index is 1460. The van der Waals surface area contributed by atoms with Crippen molar-refractivity contribution in [2.45, 2.75) is 6.54 Å². The van der Waals surface area contributed by atoms with Crippen molar-refractivity contribution in [2.75, 3.05) is 0 Å². The zero-order valence-electron chi connectivity index (χ0n) is 18.5. The molecule has 1 heterocycles. The predicted molar refractivity (Wildman–Crippen MR) is 132 cm³/mol. The average Bonchev–Trinajstić information content (AvgIpc) is 3.31. The van der Waals surface area contributed by atoms with E-state index in [0.717, 1.165) is 5.56 Å². The van der Waals surface area contributed by atoms with Crippen LogP contribution in [0.25, 0.3) is 11.8 Å². The largest absolute Gasteiger partial charge is 0.422 e. The van der Waals surface area contributed by atoms with E-state index in [0.29, 0.717) is 23.0 Å². The van der Waals surface area contributed by atoms with E-state index in [9.17, 15) is 25.0 Å². The topological polar surface area (TPSA) is 130 Å². The van der Waals surface area contributed by atoms with Crippen LogP contribution in [0.2, 0.25) is 5.02 Å². The number of aromatic nitrogens is 2. The van der Waals surface area contributed by atoms with E-state index in [4.69, 9.17) is 16.3 Å². The number of imidazole rings is 1. The number of hydrogen-bond acceptors (Lipinski definition) is 7. The van der Waals surface area contributed by atoms with Crippen LogP contribution in [0.3, 0.4) is 0 Å². The Labute approximate surface area is 209 Å². The van der Waals surface area contributed by atoms with Gasteiger partial charge in [-0.15, -0.1) is 0 Å². The van der Waals surface area contributed by atoms with Gasteiger partial charge in [0.15, 0.2) is 0 Å². The minimum Gasteiger partial charge on any atom is -0.422 e. The van der Waals surface area contributed by atoms with Crippen LogP contribution in [0.1, 0.15) is 27.3 Å². The van der Waals surface area contributed by atoms with Gasteiger partial charge in [-0.25, -0.2) is 9.78 Å². The summed E-state index contributed by atoms with van der Waals surface area (Å²) in [6.07, 6.45) is 4.84. The van der Waals surface area contributed by atoms with Crippen LogP contribution >= 0.6 is 11.6 Å². The molecular formula is C25H17ClN4O6. The maximum absolute atomic E-state index is 12.8.